The van der Waals surface area contributed by atoms with Crippen molar-refractivity contribution in [3.63, 3.8) is 0 Å². The molecule has 1 fully saturated rings. The fourth-order valence-electron chi connectivity index (χ4n) is 2.94. The fraction of sp³-hybridized carbons (Fsp3) is 0.368. The summed E-state index contributed by atoms with van der Waals surface area (Å²) in [5.41, 5.74) is 1.12. The minimum absolute atomic E-state index is 0.0746. The Hall–Kier alpha value is -2.61. The van der Waals surface area contributed by atoms with E-state index in [0.29, 0.717) is 24.2 Å². The second-order valence-electron chi connectivity index (χ2n) is 6.33. The third-order valence-electron chi connectivity index (χ3n) is 4.34. The SMILES string of the molecule is O=C(c1ccc(COCC(F)(F)F)cc1)N1CCN(c2cccc[nH+]2)CC1. The number of amides is 1. The van der Waals surface area contributed by atoms with E-state index in [1.165, 1.54) is 0 Å². The van der Waals surface area contributed by atoms with Gasteiger partial charge in [0.05, 0.1) is 25.9 Å². The number of hydrogen-bond acceptors (Lipinski definition) is 3. The van der Waals surface area contributed by atoms with Crippen LogP contribution in [0.3, 0.4) is 0 Å². The average molecular weight is 380 g/mol. The number of nitrogens with zero attached hydrogens (tertiary/aromatic N) is 2. The van der Waals surface area contributed by atoms with E-state index >= 15 is 0 Å². The Morgan fingerprint density at radius 3 is 2.33 bits per heavy atom. The second kappa shape index (κ2) is 8.39. The van der Waals surface area contributed by atoms with E-state index in [4.69, 9.17) is 0 Å². The van der Waals surface area contributed by atoms with Crippen LogP contribution in [0.2, 0.25) is 0 Å². The molecule has 0 bridgehead atoms. The average Bonchev–Trinajstić information content (AvgIpc) is 2.68. The third-order valence-corrected chi connectivity index (χ3v) is 4.34. The summed E-state index contributed by atoms with van der Waals surface area (Å²) >= 11 is 0. The molecule has 3 rings (SSSR count). The molecule has 1 amide bonds. The number of hydrogen-bond donors (Lipinski definition) is 0. The molecule has 8 heteroatoms. The molecule has 0 radical (unpaired) electrons. The van der Waals surface area contributed by atoms with Gasteiger partial charge in [-0.2, -0.15) is 13.2 Å². The van der Waals surface area contributed by atoms with Gasteiger partial charge in [-0.05, 0) is 23.8 Å². The Morgan fingerprint density at radius 1 is 1.04 bits per heavy atom. The summed E-state index contributed by atoms with van der Waals surface area (Å²) in [6.07, 6.45) is -2.47. The zero-order valence-electron chi connectivity index (χ0n) is 14.7. The number of nitrogens with one attached hydrogen (secondary N) is 1. The van der Waals surface area contributed by atoms with Crippen LogP contribution in [-0.2, 0) is 11.3 Å². The lowest BCUT2D eigenvalue weighted by Gasteiger charge is -2.31. The second-order valence-corrected chi connectivity index (χ2v) is 6.33. The maximum absolute atomic E-state index is 12.6. The lowest BCUT2D eigenvalue weighted by molar-refractivity contribution is -0.364. The van der Waals surface area contributed by atoms with Gasteiger partial charge in [-0.25, -0.2) is 4.98 Å². The Labute approximate surface area is 155 Å². The molecule has 0 spiro atoms. The van der Waals surface area contributed by atoms with Crippen LogP contribution < -0.4 is 9.88 Å². The Morgan fingerprint density at radius 2 is 1.74 bits per heavy atom. The molecule has 1 aliphatic heterocycles. The number of rotatable bonds is 5. The number of carbonyl (C=O) groups excluding carboxylic acids is 1. The van der Waals surface area contributed by atoms with Gasteiger partial charge in [-0.3, -0.25) is 9.69 Å². The number of benzene rings is 1. The van der Waals surface area contributed by atoms with Crippen molar-refractivity contribution in [2.45, 2.75) is 12.8 Å². The van der Waals surface area contributed by atoms with Crippen molar-refractivity contribution in [1.82, 2.24) is 4.90 Å². The van der Waals surface area contributed by atoms with Crippen molar-refractivity contribution < 1.29 is 27.7 Å². The molecule has 5 nitrogen and oxygen atoms in total. The first-order chi connectivity index (χ1) is 12.9. The Bertz CT molecular complexity index is 743. The molecule has 1 saturated heterocycles. The number of anilines is 1. The predicted octanol–water partition coefficient (Wildman–Crippen LogP) is 2.54. The highest BCUT2D eigenvalue weighted by Gasteiger charge is 2.28. The van der Waals surface area contributed by atoms with Crippen LogP contribution in [0.15, 0.2) is 48.7 Å². The summed E-state index contributed by atoms with van der Waals surface area (Å²) in [7, 11) is 0. The van der Waals surface area contributed by atoms with Crippen LogP contribution >= 0.6 is 0 Å². The van der Waals surface area contributed by atoms with E-state index in [-0.39, 0.29) is 12.5 Å². The first-order valence-electron chi connectivity index (χ1n) is 8.67. The highest BCUT2D eigenvalue weighted by molar-refractivity contribution is 5.94. The van der Waals surface area contributed by atoms with E-state index < -0.39 is 12.8 Å². The molecule has 1 N–H and O–H groups in total. The summed E-state index contributed by atoms with van der Waals surface area (Å²) < 4.78 is 40.9. The summed E-state index contributed by atoms with van der Waals surface area (Å²) in [5, 5.41) is 0. The maximum atomic E-state index is 12.6. The monoisotopic (exact) mass is 380 g/mol. The summed E-state index contributed by atoms with van der Waals surface area (Å²) in [5.74, 6) is 0.947. The van der Waals surface area contributed by atoms with Crippen molar-refractivity contribution in [3.05, 3.63) is 59.8 Å². The first-order valence-corrected chi connectivity index (χ1v) is 8.67. The Kier molecular flexibility index (Phi) is 5.95. The molecule has 27 heavy (non-hydrogen) atoms. The molecule has 0 aliphatic carbocycles. The van der Waals surface area contributed by atoms with Gasteiger partial charge in [0, 0.05) is 11.6 Å². The standard InChI is InChI=1S/C19H20F3N3O2/c20-19(21,22)14-27-13-15-4-6-16(7-5-15)18(26)25-11-9-24(10-12-25)17-3-1-2-8-23-17/h1-8H,9-14H2/p+1. The highest BCUT2D eigenvalue weighted by atomic mass is 19.4. The van der Waals surface area contributed by atoms with Crippen molar-refractivity contribution in [3.8, 4) is 0 Å². The molecule has 2 aromatic rings. The number of alkyl halides is 3. The van der Waals surface area contributed by atoms with E-state index in [1.807, 2.05) is 24.4 Å². The molecule has 0 saturated carbocycles. The molecule has 1 aliphatic rings. The topological polar surface area (TPSA) is 46.9 Å². The van der Waals surface area contributed by atoms with E-state index in [2.05, 4.69) is 14.6 Å². The molecular formula is C19H21F3N3O2+. The quantitative estimate of drug-likeness (QED) is 0.801. The number of aromatic nitrogens is 1. The number of carbonyl (C=O) groups is 1. The van der Waals surface area contributed by atoms with Gasteiger partial charge in [-0.1, -0.05) is 18.2 Å². The van der Waals surface area contributed by atoms with Gasteiger partial charge < -0.3 is 9.64 Å². The minimum Gasteiger partial charge on any atom is -0.367 e. The van der Waals surface area contributed by atoms with Crippen molar-refractivity contribution >= 4 is 11.7 Å². The minimum atomic E-state index is -4.34. The number of H-pyrrole nitrogens is 1. The van der Waals surface area contributed by atoms with Gasteiger partial charge in [0.15, 0.2) is 0 Å². The van der Waals surface area contributed by atoms with Crippen LogP contribution in [-0.4, -0.2) is 49.8 Å². The number of ether oxygens (including phenoxy) is 1. The number of piperazine rings is 1. The van der Waals surface area contributed by atoms with Crippen molar-refractivity contribution in [2.75, 3.05) is 37.7 Å². The predicted molar refractivity (Wildman–Crippen MR) is 93.3 cm³/mol. The van der Waals surface area contributed by atoms with Crippen LogP contribution in [0.4, 0.5) is 19.0 Å². The normalized spacial score (nSPS) is 15.1. The van der Waals surface area contributed by atoms with Crippen molar-refractivity contribution in [1.29, 1.82) is 0 Å². The maximum Gasteiger partial charge on any atom is 0.411 e. The van der Waals surface area contributed by atoms with E-state index in [1.54, 1.807) is 29.2 Å². The van der Waals surface area contributed by atoms with Crippen molar-refractivity contribution in [2.24, 2.45) is 0 Å². The zero-order valence-corrected chi connectivity index (χ0v) is 14.7. The first kappa shape index (κ1) is 19.2. The third kappa shape index (κ3) is 5.43. The van der Waals surface area contributed by atoms with Gasteiger partial charge in [-0.15, -0.1) is 0 Å². The Balaban J connectivity index is 1.51. The van der Waals surface area contributed by atoms with Crippen LogP contribution in [0.25, 0.3) is 0 Å². The molecular weight excluding hydrogens is 359 g/mol. The zero-order chi connectivity index (χ0) is 19.3. The summed E-state index contributed by atoms with van der Waals surface area (Å²) in [4.78, 5) is 19.8. The molecule has 0 atom stereocenters. The van der Waals surface area contributed by atoms with Gasteiger partial charge in [0.1, 0.15) is 19.7 Å². The lowest BCUT2D eigenvalue weighted by atomic mass is 10.1. The molecule has 2 heterocycles. The number of halogens is 3. The van der Waals surface area contributed by atoms with Crippen LogP contribution in [0, 0.1) is 0 Å². The smallest absolute Gasteiger partial charge is 0.367 e. The lowest BCUT2D eigenvalue weighted by Crippen LogP contribution is -2.50. The molecule has 144 valence electrons. The molecule has 1 aromatic heterocycles. The summed E-state index contributed by atoms with van der Waals surface area (Å²) in [6.45, 7) is 1.26. The van der Waals surface area contributed by atoms with E-state index in [0.717, 1.165) is 18.9 Å². The van der Waals surface area contributed by atoms with Gasteiger partial charge >= 0.3 is 6.18 Å². The number of pyridine rings is 1. The molecule has 1 aromatic carbocycles. The van der Waals surface area contributed by atoms with Gasteiger partial charge in [0.2, 0.25) is 0 Å². The largest absolute Gasteiger partial charge is 0.411 e. The number of aromatic amines is 1. The fourth-order valence-corrected chi connectivity index (χ4v) is 2.94. The van der Waals surface area contributed by atoms with E-state index in [9.17, 15) is 18.0 Å². The summed E-state index contributed by atoms with van der Waals surface area (Å²) in [6, 6.07) is 12.4. The molecule has 0 unspecified atom stereocenters. The van der Waals surface area contributed by atoms with Crippen LogP contribution in [0.1, 0.15) is 15.9 Å². The highest BCUT2D eigenvalue weighted by Crippen LogP contribution is 2.17. The van der Waals surface area contributed by atoms with Gasteiger partial charge in [0.25, 0.3) is 11.7 Å². The van der Waals surface area contributed by atoms with Crippen LogP contribution in [0.5, 0.6) is 0 Å².